The first-order valence-corrected chi connectivity index (χ1v) is 20.4. The van der Waals surface area contributed by atoms with Gasteiger partial charge in [0, 0.05) is 6.42 Å². The zero-order chi connectivity index (χ0) is 39.4. The summed E-state index contributed by atoms with van der Waals surface area (Å²) in [7, 11) is 0. The molecular weight excluding hydrogens is 698 g/mol. The van der Waals surface area contributed by atoms with Gasteiger partial charge in [-0.05, 0) is 54.4 Å². The Kier molecular flexibility index (Phi) is 22.6. The van der Waals surface area contributed by atoms with Crippen molar-refractivity contribution in [3.63, 3.8) is 0 Å². The maximum absolute atomic E-state index is 13.5. The number of nitrogens with zero attached hydrogens (tertiary/aromatic N) is 1. The largest absolute Gasteiger partial charge is 0.494 e. The molecule has 302 valence electrons. The molecule has 3 aromatic rings. The van der Waals surface area contributed by atoms with Crippen molar-refractivity contribution in [1.29, 1.82) is 0 Å². The Labute approximate surface area is 328 Å². The molecule has 0 aromatic heterocycles. The fourth-order valence-electron chi connectivity index (χ4n) is 6.23. The van der Waals surface area contributed by atoms with Crippen LogP contribution in [0.3, 0.4) is 0 Å². The van der Waals surface area contributed by atoms with Crippen LogP contribution in [0.4, 0.5) is 0 Å². The number of amides is 1. The number of benzene rings is 3. The minimum atomic E-state index is -1.32. The van der Waals surface area contributed by atoms with Crippen molar-refractivity contribution >= 4 is 17.8 Å². The first-order valence-electron chi connectivity index (χ1n) is 20.4. The Morgan fingerprint density at radius 1 is 0.509 bits per heavy atom. The van der Waals surface area contributed by atoms with E-state index in [2.05, 4.69) is 6.92 Å². The van der Waals surface area contributed by atoms with Crippen molar-refractivity contribution in [3.05, 3.63) is 83.9 Å². The van der Waals surface area contributed by atoms with Gasteiger partial charge in [-0.2, -0.15) is 0 Å². The van der Waals surface area contributed by atoms with Gasteiger partial charge in [0.1, 0.15) is 42.7 Å². The lowest BCUT2D eigenvalue weighted by molar-refractivity contribution is -0.140. The number of carbonyl (C=O) groups excluding carboxylic acids is 1. The minimum Gasteiger partial charge on any atom is -0.494 e. The maximum atomic E-state index is 13.5. The van der Waals surface area contributed by atoms with Gasteiger partial charge < -0.3 is 34.1 Å². The summed E-state index contributed by atoms with van der Waals surface area (Å²) in [5.41, 5.74) is 1.12. The summed E-state index contributed by atoms with van der Waals surface area (Å²) in [4.78, 5) is 37.2. The van der Waals surface area contributed by atoms with Crippen LogP contribution in [0.5, 0.6) is 23.0 Å². The molecule has 10 nitrogen and oxygen atoms in total. The highest BCUT2D eigenvalue weighted by Crippen LogP contribution is 2.27. The third-order valence-electron chi connectivity index (χ3n) is 9.27. The van der Waals surface area contributed by atoms with Crippen LogP contribution in [-0.2, 0) is 16.2 Å². The highest BCUT2D eigenvalue weighted by atomic mass is 16.5. The first-order chi connectivity index (χ1) is 26.9. The van der Waals surface area contributed by atoms with E-state index in [1.807, 2.05) is 54.6 Å². The molecule has 0 aliphatic carbocycles. The maximum Gasteiger partial charge on any atom is 0.323 e. The molecule has 0 heterocycles. The third kappa shape index (κ3) is 20.0. The molecule has 0 bridgehead atoms. The van der Waals surface area contributed by atoms with Crippen molar-refractivity contribution in [3.8, 4) is 23.0 Å². The zero-order valence-corrected chi connectivity index (χ0v) is 32.9. The molecule has 0 spiro atoms. The number of unbranched alkanes of at least 4 members (excludes halogenated alkanes) is 15. The molecule has 3 aromatic carbocycles. The van der Waals surface area contributed by atoms with Crippen molar-refractivity contribution in [2.75, 3.05) is 32.9 Å². The van der Waals surface area contributed by atoms with E-state index in [-0.39, 0.29) is 17.9 Å². The second kappa shape index (κ2) is 27.8. The van der Waals surface area contributed by atoms with Crippen LogP contribution in [0.1, 0.15) is 132 Å². The Hall–Kier alpha value is -4.73. The van der Waals surface area contributed by atoms with Crippen molar-refractivity contribution in [1.82, 2.24) is 4.90 Å². The predicted octanol–water partition coefficient (Wildman–Crippen LogP) is 10.4. The minimum absolute atomic E-state index is 0.0407. The fourth-order valence-corrected chi connectivity index (χ4v) is 6.23. The number of ether oxygens (including phenoxy) is 4. The highest BCUT2D eigenvalue weighted by Gasteiger charge is 2.25. The van der Waals surface area contributed by atoms with Crippen LogP contribution < -0.4 is 18.9 Å². The van der Waals surface area contributed by atoms with Gasteiger partial charge in [0.25, 0.3) is 5.91 Å². The Morgan fingerprint density at radius 3 is 1.51 bits per heavy atom. The topological polar surface area (TPSA) is 132 Å². The zero-order valence-electron chi connectivity index (χ0n) is 32.9. The Morgan fingerprint density at radius 2 is 0.964 bits per heavy atom. The van der Waals surface area contributed by atoms with Crippen LogP contribution in [0.25, 0.3) is 0 Å². The lowest BCUT2D eigenvalue weighted by atomic mass is 10.0. The molecule has 0 aliphatic heterocycles. The van der Waals surface area contributed by atoms with Crippen LogP contribution >= 0.6 is 0 Å². The third-order valence-corrected chi connectivity index (χ3v) is 9.27. The lowest BCUT2D eigenvalue weighted by Gasteiger charge is -2.21. The summed E-state index contributed by atoms with van der Waals surface area (Å²) in [6.45, 7) is 2.22. The SMILES string of the molecule is CCCCCCCCCCCCCCCCCCOc1ccc(OCCCOc2ccc(OCc3ccccc3)cc2)c(C(=O)N(CC(=O)O)CC(=O)O)c1. The van der Waals surface area contributed by atoms with Gasteiger partial charge in [0.15, 0.2) is 0 Å². The van der Waals surface area contributed by atoms with Gasteiger partial charge in [-0.15, -0.1) is 0 Å². The van der Waals surface area contributed by atoms with E-state index in [0.29, 0.717) is 37.7 Å². The summed E-state index contributed by atoms with van der Waals surface area (Å²) < 4.78 is 23.6. The second-order valence-corrected chi connectivity index (χ2v) is 14.1. The normalized spacial score (nSPS) is 10.9. The van der Waals surface area contributed by atoms with Gasteiger partial charge in [-0.25, -0.2) is 0 Å². The molecule has 0 radical (unpaired) electrons. The number of hydrogen-bond acceptors (Lipinski definition) is 7. The molecule has 2 N–H and O–H groups in total. The fraction of sp³-hybridized carbons (Fsp3) is 0.533. The van der Waals surface area contributed by atoms with Crippen LogP contribution in [0, 0.1) is 0 Å². The molecule has 1 amide bonds. The average molecular weight is 762 g/mol. The standard InChI is InChI=1S/C45H63NO9/c1-2-3-4-5-6-7-8-9-10-11-12-13-14-15-16-20-30-53-40-28-29-42(41(33-40)45(51)46(34-43(47)48)35-44(49)50)54-32-21-31-52-38-24-26-39(27-25-38)55-36-37-22-18-17-19-23-37/h17-19,22-29,33H,2-16,20-21,30-32,34-36H2,1H3,(H,47,48)(H,49,50). The summed E-state index contributed by atoms with van der Waals surface area (Å²) in [6, 6.07) is 22.1. The molecule has 0 saturated heterocycles. The number of carboxylic acids is 2. The van der Waals surface area contributed by atoms with E-state index < -0.39 is 30.9 Å². The van der Waals surface area contributed by atoms with Gasteiger partial charge >= 0.3 is 11.9 Å². The molecule has 10 heteroatoms. The van der Waals surface area contributed by atoms with Gasteiger partial charge in [0.2, 0.25) is 0 Å². The molecular formula is C45H63NO9. The van der Waals surface area contributed by atoms with E-state index >= 15 is 0 Å². The highest BCUT2D eigenvalue weighted by molar-refractivity contribution is 6.00. The summed E-state index contributed by atoms with van der Waals surface area (Å²) in [5, 5.41) is 18.7. The van der Waals surface area contributed by atoms with Crippen molar-refractivity contribution in [2.45, 2.75) is 123 Å². The Bertz CT molecular complexity index is 1480. The van der Waals surface area contributed by atoms with Gasteiger partial charge in [-0.3, -0.25) is 14.4 Å². The van der Waals surface area contributed by atoms with Crippen molar-refractivity contribution < 1.29 is 43.5 Å². The van der Waals surface area contributed by atoms with Gasteiger partial charge in [-0.1, -0.05) is 134 Å². The number of hydrogen-bond donors (Lipinski definition) is 2. The van der Waals surface area contributed by atoms with Crippen LogP contribution in [-0.4, -0.2) is 65.9 Å². The van der Waals surface area contributed by atoms with E-state index in [0.717, 1.165) is 35.5 Å². The summed E-state index contributed by atoms with van der Waals surface area (Å²) in [6.07, 6.45) is 21.0. The molecule has 0 aliphatic rings. The molecule has 0 unspecified atom stereocenters. The van der Waals surface area contributed by atoms with Crippen molar-refractivity contribution in [2.24, 2.45) is 0 Å². The quantitative estimate of drug-likeness (QED) is 0.0597. The van der Waals surface area contributed by atoms with E-state index in [4.69, 9.17) is 18.9 Å². The molecule has 0 saturated carbocycles. The second-order valence-electron chi connectivity index (χ2n) is 14.1. The summed E-state index contributed by atoms with van der Waals surface area (Å²) >= 11 is 0. The molecule has 0 atom stereocenters. The van der Waals surface area contributed by atoms with Crippen LogP contribution in [0.2, 0.25) is 0 Å². The van der Waals surface area contributed by atoms with E-state index in [1.54, 1.807) is 12.1 Å². The molecule has 3 rings (SSSR count). The smallest absolute Gasteiger partial charge is 0.323 e. The molecule has 55 heavy (non-hydrogen) atoms. The lowest BCUT2D eigenvalue weighted by Crippen LogP contribution is -2.39. The molecule has 0 fully saturated rings. The number of carbonyl (C=O) groups is 3. The monoisotopic (exact) mass is 761 g/mol. The van der Waals surface area contributed by atoms with E-state index in [1.165, 1.54) is 89.5 Å². The summed E-state index contributed by atoms with van der Waals surface area (Å²) in [5.74, 6) is -1.36. The first kappa shape index (κ1) is 44.7. The van der Waals surface area contributed by atoms with Crippen LogP contribution in [0.15, 0.2) is 72.8 Å². The number of carboxylic acid groups (broad SMARTS) is 2. The Balaban J connectivity index is 1.40. The predicted molar refractivity (Wildman–Crippen MR) is 215 cm³/mol. The van der Waals surface area contributed by atoms with E-state index in [9.17, 15) is 24.6 Å². The van der Waals surface area contributed by atoms with Gasteiger partial charge in [0.05, 0.1) is 25.4 Å². The average Bonchev–Trinajstić information content (AvgIpc) is 3.18. The number of aliphatic carboxylic acids is 2. The number of rotatable bonds is 32.